The van der Waals surface area contributed by atoms with E-state index in [4.69, 9.17) is 0 Å². The number of nitriles is 1. The van der Waals surface area contributed by atoms with E-state index in [1.54, 1.807) is 19.1 Å². The van der Waals surface area contributed by atoms with Crippen molar-refractivity contribution in [1.29, 1.82) is 5.26 Å². The average molecular weight is 587 g/mol. The molecule has 0 spiro atoms. The fourth-order valence-electron chi connectivity index (χ4n) is 9.06. The van der Waals surface area contributed by atoms with Crippen LogP contribution in [0.3, 0.4) is 0 Å². The first-order valence-corrected chi connectivity index (χ1v) is 15.4. The van der Waals surface area contributed by atoms with Crippen molar-refractivity contribution in [2.45, 2.75) is 118 Å². The van der Waals surface area contributed by atoms with Gasteiger partial charge in [-0.05, 0) is 86.5 Å². The highest BCUT2D eigenvalue weighted by Crippen LogP contribution is 2.70. The van der Waals surface area contributed by atoms with Gasteiger partial charge in [0.15, 0.2) is 11.6 Å². The van der Waals surface area contributed by atoms with Crippen LogP contribution in [0, 0.1) is 50.2 Å². The van der Waals surface area contributed by atoms with E-state index in [1.165, 1.54) is 0 Å². The number of halogens is 2. The second-order valence-electron chi connectivity index (χ2n) is 15.7. The highest BCUT2D eigenvalue weighted by atomic mass is 19.3. The van der Waals surface area contributed by atoms with Crippen LogP contribution in [0.5, 0.6) is 0 Å². The van der Waals surface area contributed by atoms with Gasteiger partial charge in [-0.25, -0.2) is 0 Å². The Bertz CT molecular complexity index is 1280. The van der Waals surface area contributed by atoms with E-state index >= 15 is 0 Å². The Kier molecular flexibility index (Phi) is 7.80. The summed E-state index contributed by atoms with van der Waals surface area (Å²) in [5.41, 5.74) is -2.89. The van der Waals surface area contributed by atoms with Gasteiger partial charge in [0, 0.05) is 23.8 Å². The predicted octanol–water partition coefficient (Wildman–Crippen LogP) is 6.48. The minimum atomic E-state index is -3.49. The molecule has 2 fully saturated rings. The zero-order valence-corrected chi connectivity index (χ0v) is 26.5. The highest BCUT2D eigenvalue weighted by molar-refractivity contribution is 6.05. The van der Waals surface area contributed by atoms with Crippen molar-refractivity contribution in [2.24, 2.45) is 38.9 Å². The lowest BCUT2D eigenvalue weighted by Crippen LogP contribution is -2.61. The first-order chi connectivity index (χ1) is 19.1. The van der Waals surface area contributed by atoms with Crippen molar-refractivity contribution in [2.75, 3.05) is 6.61 Å². The van der Waals surface area contributed by atoms with Crippen LogP contribution in [0.25, 0.3) is 0 Å². The van der Waals surface area contributed by atoms with Crippen LogP contribution in [0.4, 0.5) is 8.78 Å². The monoisotopic (exact) mass is 586 g/mol. The van der Waals surface area contributed by atoms with E-state index in [1.807, 2.05) is 19.9 Å². The zero-order valence-electron chi connectivity index (χ0n) is 26.5. The number of allylic oxidation sites excluding steroid dienone is 4. The van der Waals surface area contributed by atoms with Crippen LogP contribution in [0.2, 0.25) is 0 Å². The van der Waals surface area contributed by atoms with Gasteiger partial charge in [0.1, 0.15) is 6.07 Å². The molecular weight excluding hydrogens is 538 g/mol. The van der Waals surface area contributed by atoms with Gasteiger partial charge in [0.05, 0.1) is 17.6 Å². The lowest BCUT2D eigenvalue weighted by molar-refractivity contribution is -0.147. The maximum atomic E-state index is 14.1. The number of hydrogen-bond acceptors (Lipinski definition) is 5. The van der Waals surface area contributed by atoms with Crippen molar-refractivity contribution < 1.29 is 28.3 Å². The number of ketones is 2. The fraction of sp³-hybridized carbons (Fsp3) is 0.765. The molecule has 0 aromatic rings. The molecule has 0 aromatic carbocycles. The second-order valence-corrected chi connectivity index (χ2v) is 15.7. The number of carbonyl (C=O) groups is 3. The molecule has 0 aliphatic heterocycles. The lowest BCUT2D eigenvalue weighted by atomic mass is 9.38. The molecule has 1 amide bonds. The van der Waals surface area contributed by atoms with Crippen LogP contribution < -0.4 is 5.32 Å². The van der Waals surface area contributed by atoms with E-state index in [9.17, 15) is 33.5 Å². The molecule has 2 saturated carbocycles. The largest absolute Gasteiger partial charge is 0.395 e. The van der Waals surface area contributed by atoms with Crippen molar-refractivity contribution >= 4 is 17.5 Å². The zero-order chi connectivity index (χ0) is 31.7. The molecule has 0 radical (unpaired) electrons. The summed E-state index contributed by atoms with van der Waals surface area (Å²) in [6.45, 7) is 14.5. The van der Waals surface area contributed by atoms with E-state index in [0.29, 0.717) is 45.4 Å². The number of aliphatic hydroxyl groups excluding tert-OH is 1. The van der Waals surface area contributed by atoms with Gasteiger partial charge in [0.25, 0.3) is 5.91 Å². The van der Waals surface area contributed by atoms with Gasteiger partial charge in [-0.15, -0.1) is 0 Å². The molecule has 0 heterocycles. The molecule has 8 heteroatoms. The summed E-state index contributed by atoms with van der Waals surface area (Å²) in [5.74, 6) is -5.80. The van der Waals surface area contributed by atoms with Crippen molar-refractivity contribution in [3.05, 3.63) is 23.3 Å². The first kappa shape index (κ1) is 32.5. The van der Waals surface area contributed by atoms with Crippen LogP contribution in [0.15, 0.2) is 23.3 Å². The third-order valence-corrected chi connectivity index (χ3v) is 12.6. The van der Waals surface area contributed by atoms with E-state index < -0.39 is 45.6 Å². The van der Waals surface area contributed by atoms with Gasteiger partial charge < -0.3 is 10.4 Å². The first-order valence-electron chi connectivity index (χ1n) is 15.4. The van der Waals surface area contributed by atoms with E-state index in [-0.39, 0.29) is 34.4 Å². The summed E-state index contributed by atoms with van der Waals surface area (Å²) in [4.78, 5) is 39.6. The number of aliphatic hydroxyl groups is 1. The Balaban J connectivity index is 1.77. The number of amides is 1. The van der Waals surface area contributed by atoms with E-state index in [2.05, 4.69) is 33.0 Å². The molecule has 2 unspecified atom stereocenters. The van der Waals surface area contributed by atoms with Gasteiger partial charge in [-0.2, -0.15) is 14.0 Å². The number of hydrogen-bond donors (Lipinski definition) is 2. The summed E-state index contributed by atoms with van der Waals surface area (Å²) in [5, 5.41) is 23.1. The van der Waals surface area contributed by atoms with Gasteiger partial charge >= 0.3 is 5.92 Å². The van der Waals surface area contributed by atoms with Crippen LogP contribution in [0.1, 0.15) is 107 Å². The molecule has 6 atom stereocenters. The Labute approximate surface area is 249 Å². The summed E-state index contributed by atoms with van der Waals surface area (Å²) >= 11 is 0. The van der Waals surface area contributed by atoms with Crippen LogP contribution in [-0.2, 0) is 14.4 Å². The van der Waals surface area contributed by atoms with Crippen molar-refractivity contribution in [1.82, 2.24) is 5.32 Å². The average Bonchev–Trinajstić information content (AvgIpc) is 2.91. The Hall–Kier alpha value is -2.40. The Morgan fingerprint density at radius 3 is 2.19 bits per heavy atom. The molecule has 6 nitrogen and oxygen atoms in total. The summed E-state index contributed by atoms with van der Waals surface area (Å²) in [6.07, 6.45) is 8.51. The third kappa shape index (κ3) is 4.78. The molecule has 4 rings (SSSR count). The minimum absolute atomic E-state index is 0.00945. The quantitative estimate of drug-likeness (QED) is 0.370. The SMILES string of the molecule is CC1C(=O)C=C2[C@@]3(C)C=C(C#N)C(=O)[C@@](C)(CO)C3CC[C@@]2(C)[C@]1(C)CCC1(NC(=O)C(C)(F)F)CCC(C)(C)CC1. The molecule has 4 aliphatic carbocycles. The molecule has 232 valence electrons. The number of nitrogens with zero attached hydrogens (tertiary/aromatic N) is 1. The molecule has 4 aliphatic rings. The molecule has 42 heavy (non-hydrogen) atoms. The molecular formula is C34H48F2N2O4. The van der Waals surface area contributed by atoms with Crippen LogP contribution >= 0.6 is 0 Å². The number of alkyl halides is 2. The summed E-state index contributed by atoms with van der Waals surface area (Å²) in [7, 11) is 0. The Morgan fingerprint density at radius 2 is 1.67 bits per heavy atom. The second kappa shape index (κ2) is 10.1. The number of Topliss-reactive ketones (excluding diaryl/α,β-unsaturated/α-hetero) is 1. The summed E-state index contributed by atoms with van der Waals surface area (Å²) in [6, 6.07) is 2.05. The van der Waals surface area contributed by atoms with Crippen LogP contribution in [-0.4, -0.2) is 40.6 Å². The number of carbonyl (C=O) groups excluding carboxylic acids is 3. The topological polar surface area (TPSA) is 107 Å². The van der Waals surface area contributed by atoms with Crippen molar-refractivity contribution in [3.8, 4) is 6.07 Å². The number of rotatable bonds is 6. The maximum Gasteiger partial charge on any atom is 0.321 e. The molecule has 2 N–H and O–H groups in total. The smallest absolute Gasteiger partial charge is 0.321 e. The number of nitrogens with one attached hydrogen (secondary N) is 1. The standard InChI is InChI=1S/C34H48F2N2O4/c1-21-23(40)17-25-29(4)18-22(19-37)26(41)30(5,20-39)24(29)9-10-32(25,7)31(21,6)13-16-34(38-27(42)33(8,35)36)14-11-28(2,3)12-15-34/h17-18,21,24,39H,9-16,20H2,1-8H3,(H,38,42)/t21?,24?,29-,30-,31+,32+/m0/s1. The fourth-order valence-corrected chi connectivity index (χ4v) is 9.06. The molecule has 0 bridgehead atoms. The molecule has 0 saturated heterocycles. The lowest BCUT2D eigenvalue weighted by Gasteiger charge is -2.64. The molecule has 0 aromatic heterocycles. The van der Waals surface area contributed by atoms with Gasteiger partial charge in [-0.1, -0.05) is 53.2 Å². The summed E-state index contributed by atoms with van der Waals surface area (Å²) < 4.78 is 28.2. The minimum Gasteiger partial charge on any atom is -0.395 e. The predicted molar refractivity (Wildman–Crippen MR) is 156 cm³/mol. The number of fused-ring (bicyclic) bond motifs is 3. The van der Waals surface area contributed by atoms with E-state index in [0.717, 1.165) is 18.4 Å². The third-order valence-electron chi connectivity index (χ3n) is 12.6. The van der Waals surface area contributed by atoms with Gasteiger partial charge in [-0.3, -0.25) is 14.4 Å². The highest BCUT2D eigenvalue weighted by Gasteiger charge is 2.65. The maximum absolute atomic E-state index is 14.1. The van der Waals surface area contributed by atoms with Crippen molar-refractivity contribution in [3.63, 3.8) is 0 Å². The normalized spacial score (nSPS) is 39.3. The van der Waals surface area contributed by atoms with Gasteiger partial charge in [0.2, 0.25) is 0 Å². The Morgan fingerprint density at radius 1 is 1.07 bits per heavy atom.